The summed E-state index contributed by atoms with van der Waals surface area (Å²) < 4.78 is 26.5. The summed E-state index contributed by atoms with van der Waals surface area (Å²) in [7, 11) is 0. The second kappa shape index (κ2) is 10.1. The molecule has 5 N–H and O–H groups in total. The highest BCUT2D eigenvalue weighted by Crippen LogP contribution is 2.13. The number of rotatable bonds is 9. The molecule has 0 saturated carbocycles. The van der Waals surface area contributed by atoms with Crippen molar-refractivity contribution in [3.8, 4) is 0 Å². The Hall–Kier alpha value is -3.12. The van der Waals surface area contributed by atoms with Crippen LogP contribution in [0.25, 0.3) is 5.70 Å². The molecule has 0 aliphatic rings. The summed E-state index contributed by atoms with van der Waals surface area (Å²) in [6.07, 6.45) is 3.20. The van der Waals surface area contributed by atoms with Crippen molar-refractivity contribution in [1.29, 1.82) is 0 Å². The third-order valence-electron chi connectivity index (χ3n) is 3.83. The molecule has 0 radical (unpaired) electrons. The first-order valence-electron chi connectivity index (χ1n) is 8.42. The quantitative estimate of drug-likeness (QED) is 0.459. The lowest BCUT2D eigenvalue weighted by atomic mass is 10.1. The van der Waals surface area contributed by atoms with Crippen molar-refractivity contribution >= 4 is 5.70 Å². The molecule has 0 aliphatic carbocycles. The Morgan fingerprint density at radius 2 is 1.70 bits per heavy atom. The summed E-state index contributed by atoms with van der Waals surface area (Å²) in [6, 6.07) is 13.6. The van der Waals surface area contributed by atoms with Crippen LogP contribution in [0.1, 0.15) is 23.1 Å². The summed E-state index contributed by atoms with van der Waals surface area (Å²) in [6.45, 7) is 3.96. The van der Waals surface area contributed by atoms with E-state index in [1.54, 1.807) is 12.1 Å². The highest BCUT2D eigenvalue weighted by molar-refractivity contribution is 5.60. The van der Waals surface area contributed by atoms with E-state index in [1.807, 2.05) is 24.3 Å². The predicted octanol–water partition coefficient (Wildman–Crippen LogP) is 4.06. The zero-order valence-corrected chi connectivity index (χ0v) is 14.9. The van der Waals surface area contributed by atoms with Crippen molar-refractivity contribution in [2.45, 2.75) is 19.4 Å². The normalized spacial score (nSPS) is 12.1. The third-order valence-corrected chi connectivity index (χ3v) is 3.83. The fourth-order valence-corrected chi connectivity index (χ4v) is 2.32. The van der Waals surface area contributed by atoms with Gasteiger partial charge in [-0.3, -0.25) is 10.3 Å². The van der Waals surface area contributed by atoms with Gasteiger partial charge >= 0.3 is 0 Å². The number of hydroxylamine groups is 1. The topological polar surface area (TPSA) is 73.3 Å². The summed E-state index contributed by atoms with van der Waals surface area (Å²) in [4.78, 5) is 5.47. The molecular formula is C21H23F2N3O. The van der Waals surface area contributed by atoms with Gasteiger partial charge in [-0.15, -0.1) is 0 Å². The smallest absolute Gasteiger partial charge is 0.140 e. The van der Waals surface area contributed by atoms with Crippen LogP contribution in [0.3, 0.4) is 0 Å². The number of nitrogens with two attached hydrogens (primary N) is 2. The molecule has 0 heterocycles. The van der Waals surface area contributed by atoms with Crippen molar-refractivity contribution in [3.63, 3.8) is 0 Å². The maximum absolute atomic E-state index is 13.5. The van der Waals surface area contributed by atoms with Gasteiger partial charge in [-0.2, -0.15) is 0 Å². The van der Waals surface area contributed by atoms with Gasteiger partial charge < -0.3 is 11.5 Å². The molecular weight excluding hydrogens is 348 g/mol. The highest BCUT2D eigenvalue weighted by Gasteiger charge is 2.03. The maximum Gasteiger partial charge on any atom is 0.140 e. The van der Waals surface area contributed by atoms with Crippen LogP contribution in [0, 0.1) is 5.82 Å². The van der Waals surface area contributed by atoms with E-state index in [4.69, 9.17) is 16.3 Å². The zero-order chi connectivity index (χ0) is 19.6. The number of aryl methyl sites for hydroxylation is 1. The van der Waals surface area contributed by atoms with Crippen LogP contribution in [0.15, 0.2) is 78.9 Å². The van der Waals surface area contributed by atoms with Crippen LogP contribution < -0.4 is 16.9 Å². The molecule has 2 aromatic rings. The average Bonchev–Trinajstić information content (AvgIpc) is 2.67. The molecule has 6 heteroatoms. The van der Waals surface area contributed by atoms with Crippen LogP contribution in [0.2, 0.25) is 0 Å². The van der Waals surface area contributed by atoms with Crippen molar-refractivity contribution in [3.05, 3.63) is 101 Å². The number of benzene rings is 2. The highest BCUT2D eigenvalue weighted by atomic mass is 19.1. The van der Waals surface area contributed by atoms with Crippen LogP contribution in [-0.4, -0.2) is 0 Å². The van der Waals surface area contributed by atoms with E-state index >= 15 is 0 Å². The molecule has 2 rings (SSSR count). The molecule has 0 fully saturated rings. The van der Waals surface area contributed by atoms with Crippen molar-refractivity contribution in [1.82, 2.24) is 5.48 Å². The van der Waals surface area contributed by atoms with Gasteiger partial charge in [-0.25, -0.2) is 8.78 Å². The van der Waals surface area contributed by atoms with Gasteiger partial charge in [-0.1, -0.05) is 43.0 Å². The molecule has 0 aliphatic heterocycles. The van der Waals surface area contributed by atoms with Gasteiger partial charge in [0.1, 0.15) is 11.6 Å². The monoisotopic (exact) mass is 371 g/mol. The van der Waals surface area contributed by atoms with Gasteiger partial charge in [0.2, 0.25) is 0 Å². The van der Waals surface area contributed by atoms with E-state index in [0.717, 1.165) is 22.9 Å². The zero-order valence-electron chi connectivity index (χ0n) is 14.9. The second-order valence-electron chi connectivity index (χ2n) is 5.96. The fourth-order valence-electron chi connectivity index (χ4n) is 2.32. The summed E-state index contributed by atoms with van der Waals surface area (Å²) >= 11 is 0. The van der Waals surface area contributed by atoms with Crippen LogP contribution in [0.4, 0.5) is 8.78 Å². The molecule has 27 heavy (non-hydrogen) atoms. The molecule has 0 saturated heterocycles. The number of halogens is 2. The molecule has 4 nitrogen and oxygen atoms in total. The number of nitrogens with one attached hydrogen (secondary N) is 1. The summed E-state index contributed by atoms with van der Waals surface area (Å²) in [5.41, 5.74) is 17.3. The van der Waals surface area contributed by atoms with Gasteiger partial charge in [0.25, 0.3) is 0 Å². The Bertz CT molecular complexity index is 812. The maximum atomic E-state index is 13.5. The lowest BCUT2D eigenvalue weighted by Gasteiger charge is -2.12. The first kappa shape index (κ1) is 20.2. The fraction of sp³-hybridized carbons (Fsp3) is 0.143. The predicted molar refractivity (Wildman–Crippen MR) is 104 cm³/mol. The van der Waals surface area contributed by atoms with Gasteiger partial charge in [0.15, 0.2) is 0 Å². The minimum absolute atomic E-state index is 0.277. The SMILES string of the molecule is C=C(N)c1ccc(CON/C(=C/C(F)=C\N)CCc2ccc(F)cc2)cc1. The minimum atomic E-state index is -0.578. The Morgan fingerprint density at radius 3 is 2.30 bits per heavy atom. The average molecular weight is 371 g/mol. The van der Waals surface area contributed by atoms with Crippen LogP contribution >= 0.6 is 0 Å². The number of hydrogen-bond donors (Lipinski definition) is 3. The molecule has 0 atom stereocenters. The first-order valence-corrected chi connectivity index (χ1v) is 8.42. The standard InChI is InChI=1S/C21H23F2N3O/c1-15(25)18-7-2-17(3-8-18)14-27-26-21(12-20(23)13-24)11-6-16-4-9-19(22)10-5-16/h2-5,7-10,12-13,26H,1,6,11,14,24-25H2/b20-13+,21-12+. The molecule has 2 aromatic carbocycles. The molecule has 0 spiro atoms. The third kappa shape index (κ3) is 6.95. The van der Waals surface area contributed by atoms with Crippen LogP contribution in [-0.2, 0) is 17.9 Å². The Kier molecular flexibility index (Phi) is 7.58. The van der Waals surface area contributed by atoms with Crippen molar-refractivity contribution in [2.24, 2.45) is 11.5 Å². The van der Waals surface area contributed by atoms with Crippen molar-refractivity contribution in [2.75, 3.05) is 0 Å². The van der Waals surface area contributed by atoms with E-state index in [1.165, 1.54) is 18.2 Å². The van der Waals surface area contributed by atoms with E-state index in [2.05, 4.69) is 12.1 Å². The first-order chi connectivity index (χ1) is 13.0. The van der Waals surface area contributed by atoms with E-state index in [0.29, 0.717) is 24.2 Å². The number of hydrogen-bond acceptors (Lipinski definition) is 4. The van der Waals surface area contributed by atoms with E-state index in [9.17, 15) is 8.78 Å². The number of allylic oxidation sites excluding steroid dienone is 3. The Morgan fingerprint density at radius 1 is 1.07 bits per heavy atom. The van der Waals surface area contributed by atoms with E-state index in [-0.39, 0.29) is 12.4 Å². The second-order valence-corrected chi connectivity index (χ2v) is 5.96. The molecule has 0 bridgehead atoms. The van der Waals surface area contributed by atoms with Crippen LogP contribution in [0.5, 0.6) is 0 Å². The minimum Gasteiger partial charge on any atom is -0.402 e. The summed E-state index contributed by atoms with van der Waals surface area (Å²) in [5.74, 6) is -0.872. The Balaban J connectivity index is 1.92. The molecule has 0 amide bonds. The Labute approximate surface area is 157 Å². The van der Waals surface area contributed by atoms with Gasteiger partial charge in [0, 0.05) is 17.6 Å². The van der Waals surface area contributed by atoms with Gasteiger partial charge in [0.05, 0.1) is 6.61 Å². The lowest BCUT2D eigenvalue weighted by Crippen LogP contribution is -2.15. The molecule has 0 unspecified atom stereocenters. The van der Waals surface area contributed by atoms with Crippen molar-refractivity contribution < 1.29 is 13.6 Å². The molecule has 0 aromatic heterocycles. The van der Waals surface area contributed by atoms with E-state index < -0.39 is 5.83 Å². The lowest BCUT2D eigenvalue weighted by molar-refractivity contribution is 0.0468. The summed E-state index contributed by atoms with van der Waals surface area (Å²) in [5, 5.41) is 0. The van der Waals surface area contributed by atoms with Gasteiger partial charge in [-0.05, 0) is 47.7 Å². The molecule has 142 valence electrons. The largest absolute Gasteiger partial charge is 0.402 e.